The minimum absolute atomic E-state index is 0.178. The molecule has 0 aliphatic heterocycles. The summed E-state index contributed by atoms with van der Waals surface area (Å²) in [6, 6.07) is 14.6. The molecule has 3 aromatic rings. The molecule has 1 N–H and O–H groups in total. The van der Waals surface area contributed by atoms with Crippen molar-refractivity contribution in [2.24, 2.45) is 0 Å². The van der Waals surface area contributed by atoms with Crippen LogP contribution in [0.15, 0.2) is 64.0 Å². The fourth-order valence-corrected chi connectivity index (χ4v) is 3.44. The Balaban J connectivity index is 1.77. The lowest BCUT2D eigenvalue weighted by Gasteiger charge is -2.10. The van der Waals surface area contributed by atoms with Crippen molar-refractivity contribution < 1.29 is 17.7 Å². The zero-order valence-corrected chi connectivity index (χ0v) is 14.5. The van der Waals surface area contributed by atoms with E-state index in [1.54, 1.807) is 56.5 Å². The highest BCUT2D eigenvalue weighted by atomic mass is 32.2. The van der Waals surface area contributed by atoms with Crippen LogP contribution in [0.4, 0.5) is 0 Å². The summed E-state index contributed by atoms with van der Waals surface area (Å²) < 4.78 is 37.5. The molecule has 1 aromatic heterocycles. The molecule has 130 valence electrons. The second-order valence-electron chi connectivity index (χ2n) is 5.34. The van der Waals surface area contributed by atoms with Crippen LogP contribution >= 0.6 is 0 Å². The van der Waals surface area contributed by atoms with Gasteiger partial charge in [-0.2, -0.15) is 9.71 Å². The van der Waals surface area contributed by atoms with E-state index in [0.717, 1.165) is 11.3 Å². The summed E-state index contributed by atoms with van der Waals surface area (Å²) >= 11 is 0. The van der Waals surface area contributed by atoms with E-state index in [4.69, 9.17) is 9.26 Å². The van der Waals surface area contributed by atoms with Gasteiger partial charge in [-0.1, -0.05) is 23.4 Å². The van der Waals surface area contributed by atoms with Gasteiger partial charge in [-0.15, -0.1) is 0 Å². The Bertz CT molecular complexity index is 938. The summed E-state index contributed by atoms with van der Waals surface area (Å²) in [6.45, 7) is 1.64. The van der Waals surface area contributed by atoms with Crippen molar-refractivity contribution in [1.82, 2.24) is 14.9 Å². The zero-order valence-electron chi connectivity index (χ0n) is 13.7. The number of sulfonamides is 1. The maximum Gasteiger partial charge on any atom is 0.244 e. The molecule has 0 radical (unpaired) electrons. The zero-order chi connectivity index (χ0) is 17.9. The lowest BCUT2D eigenvalue weighted by atomic mass is 10.2. The predicted octanol–water partition coefficient (Wildman–Crippen LogP) is 2.78. The summed E-state index contributed by atoms with van der Waals surface area (Å²) in [4.78, 5) is 4.45. The summed E-state index contributed by atoms with van der Waals surface area (Å²) in [7, 11) is -2.08. The first-order valence-electron chi connectivity index (χ1n) is 7.55. The fourth-order valence-electron chi connectivity index (χ4n) is 2.22. The third-order valence-electron chi connectivity index (χ3n) is 3.55. The molecular weight excluding hydrogens is 342 g/mol. The van der Waals surface area contributed by atoms with E-state index in [1.807, 2.05) is 0 Å². The van der Waals surface area contributed by atoms with Crippen molar-refractivity contribution in [1.29, 1.82) is 0 Å². The highest BCUT2D eigenvalue weighted by Crippen LogP contribution is 2.22. The molecule has 0 spiro atoms. The molecule has 1 heterocycles. The molecule has 0 bridgehead atoms. The third-order valence-corrected chi connectivity index (χ3v) is 5.10. The molecule has 0 fully saturated rings. The third kappa shape index (κ3) is 3.86. The van der Waals surface area contributed by atoms with Gasteiger partial charge in [-0.25, -0.2) is 8.42 Å². The van der Waals surface area contributed by atoms with Crippen LogP contribution in [0.2, 0.25) is 0 Å². The summed E-state index contributed by atoms with van der Waals surface area (Å²) in [6.07, 6.45) is 0. The highest BCUT2D eigenvalue weighted by molar-refractivity contribution is 7.89. The Labute approximate surface area is 145 Å². The first-order valence-corrected chi connectivity index (χ1v) is 9.03. The van der Waals surface area contributed by atoms with Crippen molar-refractivity contribution in [2.45, 2.75) is 17.9 Å². The molecule has 0 aliphatic carbocycles. The molecule has 8 heteroatoms. The largest absolute Gasteiger partial charge is 0.497 e. The topological polar surface area (TPSA) is 94.3 Å². The fraction of sp³-hybridized carbons (Fsp3) is 0.176. The first kappa shape index (κ1) is 17.1. The molecule has 25 heavy (non-hydrogen) atoms. The highest BCUT2D eigenvalue weighted by Gasteiger charge is 2.22. The Morgan fingerprint density at radius 1 is 1.08 bits per heavy atom. The number of hydrogen-bond acceptors (Lipinski definition) is 6. The van der Waals surface area contributed by atoms with Crippen LogP contribution in [-0.4, -0.2) is 25.7 Å². The maximum absolute atomic E-state index is 12.3. The van der Waals surface area contributed by atoms with E-state index < -0.39 is 16.1 Å². The predicted molar refractivity (Wildman–Crippen MR) is 91.5 cm³/mol. The van der Waals surface area contributed by atoms with E-state index in [1.165, 1.54) is 12.1 Å². The van der Waals surface area contributed by atoms with Crippen molar-refractivity contribution in [2.75, 3.05) is 7.11 Å². The SMILES string of the molecule is COc1ccc(-c2noc([C@@H](C)NS(=O)(=O)c3ccccc3)n2)cc1. The van der Waals surface area contributed by atoms with Crippen LogP contribution in [0.1, 0.15) is 18.9 Å². The van der Waals surface area contributed by atoms with Crippen molar-refractivity contribution >= 4 is 10.0 Å². The van der Waals surface area contributed by atoms with Crippen LogP contribution in [0, 0.1) is 0 Å². The average Bonchev–Trinajstić information content (AvgIpc) is 3.12. The number of benzene rings is 2. The van der Waals surface area contributed by atoms with Gasteiger partial charge >= 0.3 is 0 Å². The number of methoxy groups -OCH3 is 1. The molecule has 3 rings (SSSR count). The Morgan fingerprint density at radius 3 is 2.40 bits per heavy atom. The van der Waals surface area contributed by atoms with Crippen LogP contribution in [0.3, 0.4) is 0 Å². The van der Waals surface area contributed by atoms with Crippen LogP contribution < -0.4 is 9.46 Å². The molecule has 0 unspecified atom stereocenters. The number of rotatable bonds is 6. The van der Waals surface area contributed by atoms with Crippen LogP contribution in [-0.2, 0) is 10.0 Å². The van der Waals surface area contributed by atoms with E-state index in [0.29, 0.717) is 5.82 Å². The Kier molecular flexibility index (Phi) is 4.82. The van der Waals surface area contributed by atoms with E-state index in [9.17, 15) is 8.42 Å². The summed E-state index contributed by atoms with van der Waals surface area (Å²) in [5.41, 5.74) is 0.744. The molecule has 2 aromatic carbocycles. The van der Waals surface area contributed by atoms with E-state index in [-0.39, 0.29) is 10.8 Å². The minimum atomic E-state index is -3.67. The molecule has 7 nitrogen and oxygen atoms in total. The van der Waals surface area contributed by atoms with Crippen molar-refractivity contribution in [3.8, 4) is 17.1 Å². The minimum Gasteiger partial charge on any atom is -0.497 e. The molecule has 0 saturated heterocycles. The smallest absolute Gasteiger partial charge is 0.244 e. The van der Waals surface area contributed by atoms with Crippen LogP contribution in [0.5, 0.6) is 5.75 Å². The first-order chi connectivity index (χ1) is 12.0. The number of ether oxygens (including phenoxy) is 1. The van der Waals surface area contributed by atoms with Gasteiger partial charge in [0.25, 0.3) is 0 Å². The average molecular weight is 359 g/mol. The number of nitrogens with zero attached hydrogens (tertiary/aromatic N) is 2. The van der Waals surface area contributed by atoms with Crippen molar-refractivity contribution in [3.63, 3.8) is 0 Å². The van der Waals surface area contributed by atoms with E-state index in [2.05, 4.69) is 14.9 Å². The van der Waals surface area contributed by atoms with Gasteiger partial charge in [0.1, 0.15) is 5.75 Å². The van der Waals surface area contributed by atoms with Gasteiger partial charge in [0.2, 0.25) is 21.7 Å². The Morgan fingerprint density at radius 2 is 1.76 bits per heavy atom. The molecule has 0 saturated carbocycles. The van der Waals surface area contributed by atoms with E-state index >= 15 is 0 Å². The van der Waals surface area contributed by atoms with Gasteiger partial charge < -0.3 is 9.26 Å². The van der Waals surface area contributed by atoms with Crippen LogP contribution in [0.25, 0.3) is 11.4 Å². The number of hydrogen-bond donors (Lipinski definition) is 1. The number of aromatic nitrogens is 2. The summed E-state index contributed by atoms with van der Waals surface area (Å²) in [5, 5.41) is 3.90. The lowest BCUT2D eigenvalue weighted by molar-refractivity contribution is 0.354. The quantitative estimate of drug-likeness (QED) is 0.727. The van der Waals surface area contributed by atoms with Gasteiger partial charge in [0.05, 0.1) is 18.0 Å². The normalized spacial score (nSPS) is 12.7. The molecular formula is C17H17N3O4S. The molecule has 0 amide bonds. The van der Waals surface area contributed by atoms with Gasteiger partial charge in [-0.05, 0) is 43.3 Å². The second kappa shape index (κ2) is 7.04. The number of nitrogens with one attached hydrogen (secondary N) is 1. The van der Waals surface area contributed by atoms with Gasteiger partial charge in [0.15, 0.2) is 0 Å². The Hall–Kier alpha value is -2.71. The summed E-state index contributed by atoms with van der Waals surface area (Å²) in [5.74, 6) is 1.28. The molecule has 1 atom stereocenters. The maximum atomic E-state index is 12.3. The monoisotopic (exact) mass is 359 g/mol. The molecule has 0 aliphatic rings. The standard InChI is InChI=1S/C17H17N3O4S/c1-12(20-25(21,22)15-6-4-3-5-7-15)17-18-16(19-24-17)13-8-10-14(23-2)11-9-13/h3-12,20H,1-2H3/t12-/m1/s1. The van der Waals surface area contributed by atoms with Gasteiger partial charge in [-0.3, -0.25) is 0 Å². The van der Waals surface area contributed by atoms with Gasteiger partial charge in [0, 0.05) is 5.56 Å². The lowest BCUT2D eigenvalue weighted by Crippen LogP contribution is -2.27. The second-order valence-corrected chi connectivity index (χ2v) is 7.05. The van der Waals surface area contributed by atoms with Crippen molar-refractivity contribution in [3.05, 3.63) is 60.5 Å².